The molecule has 2 heterocycles. The minimum absolute atomic E-state index is 0.222. The molecule has 152 valence electrons. The van der Waals surface area contributed by atoms with Gasteiger partial charge in [0, 0.05) is 21.5 Å². The fourth-order valence-electron chi connectivity index (χ4n) is 3.00. The van der Waals surface area contributed by atoms with E-state index in [9.17, 15) is 9.59 Å². The number of hydrogen-bond donors (Lipinski definition) is 1. The summed E-state index contributed by atoms with van der Waals surface area (Å²) in [5, 5.41) is 10.5. The van der Waals surface area contributed by atoms with E-state index >= 15 is 0 Å². The van der Waals surface area contributed by atoms with Crippen LogP contribution in [0.15, 0.2) is 41.1 Å². The number of aryl methyl sites for hydroxylation is 2. The number of carbonyl (C=O) groups is 2. The lowest BCUT2D eigenvalue weighted by molar-refractivity contribution is -0.123. The Morgan fingerprint density at radius 1 is 1.17 bits per heavy atom. The van der Waals surface area contributed by atoms with Crippen LogP contribution in [0.25, 0.3) is 0 Å². The number of rotatable bonds is 5. The summed E-state index contributed by atoms with van der Waals surface area (Å²) in [4.78, 5) is 29.3. The van der Waals surface area contributed by atoms with Gasteiger partial charge in [-0.15, -0.1) is 16.4 Å². The van der Waals surface area contributed by atoms with E-state index in [-0.39, 0.29) is 17.5 Å². The summed E-state index contributed by atoms with van der Waals surface area (Å²) in [5.74, 6) is -0.590. The van der Waals surface area contributed by atoms with Gasteiger partial charge in [-0.05, 0) is 80.9 Å². The van der Waals surface area contributed by atoms with Gasteiger partial charge in [0.1, 0.15) is 0 Å². The maximum Gasteiger partial charge on any atom is 0.280 e. The van der Waals surface area contributed by atoms with Crippen molar-refractivity contribution in [3.8, 4) is 0 Å². The third-order valence-corrected chi connectivity index (χ3v) is 5.81. The number of nitrogens with zero attached hydrogens (tertiary/aromatic N) is 3. The van der Waals surface area contributed by atoms with Crippen LogP contribution >= 0.6 is 22.9 Å². The number of anilines is 1. The number of nitrogens with one attached hydrogen (secondary N) is 1. The Labute approximate surface area is 178 Å². The van der Waals surface area contributed by atoms with Crippen molar-refractivity contribution in [1.82, 2.24) is 14.9 Å². The molecule has 1 N–H and O–H groups in total. The van der Waals surface area contributed by atoms with Crippen LogP contribution in [0.4, 0.5) is 5.69 Å². The number of carbonyl (C=O) groups excluding carboxylic acids is 2. The van der Waals surface area contributed by atoms with E-state index < -0.39 is 11.6 Å². The number of amides is 2. The van der Waals surface area contributed by atoms with Crippen LogP contribution in [0, 0.1) is 13.8 Å². The standard InChI is InChI=1S/C21H24N4O2S2/c1-13-7-6-8-15(11-13)25(20(27)16-12-29-24-23-16)17(18-14(2)9-10-28-18)19(26)22-21(3,4)5/h6-12,17H,1-5H3,(H,22,26). The number of benzene rings is 1. The first-order valence-corrected chi connectivity index (χ1v) is 10.9. The number of aromatic nitrogens is 2. The van der Waals surface area contributed by atoms with E-state index in [1.807, 2.05) is 70.3 Å². The Morgan fingerprint density at radius 2 is 1.93 bits per heavy atom. The Bertz CT molecular complexity index is 1010. The van der Waals surface area contributed by atoms with E-state index in [0.717, 1.165) is 27.5 Å². The van der Waals surface area contributed by atoms with E-state index in [2.05, 4.69) is 14.9 Å². The lowest BCUT2D eigenvalue weighted by atomic mass is 10.0. The first kappa shape index (κ1) is 21.1. The maximum atomic E-state index is 13.5. The largest absolute Gasteiger partial charge is 0.349 e. The molecule has 2 aromatic heterocycles. The highest BCUT2D eigenvalue weighted by atomic mass is 32.1. The maximum absolute atomic E-state index is 13.5. The zero-order chi connectivity index (χ0) is 21.2. The Kier molecular flexibility index (Phi) is 6.14. The second-order valence-corrected chi connectivity index (χ2v) is 9.47. The van der Waals surface area contributed by atoms with Gasteiger partial charge in [0.05, 0.1) is 0 Å². The molecule has 1 aromatic carbocycles. The molecular weight excluding hydrogens is 404 g/mol. The first-order chi connectivity index (χ1) is 13.7. The molecule has 0 saturated heterocycles. The SMILES string of the molecule is Cc1cccc(N(C(=O)c2csnn2)C(C(=O)NC(C)(C)C)c2sccc2C)c1. The first-order valence-electron chi connectivity index (χ1n) is 9.20. The van der Waals surface area contributed by atoms with Crippen LogP contribution in [0.2, 0.25) is 0 Å². The minimum Gasteiger partial charge on any atom is -0.349 e. The molecule has 0 saturated carbocycles. The molecular formula is C21H24N4O2S2. The highest BCUT2D eigenvalue weighted by Gasteiger charge is 2.37. The predicted octanol–water partition coefficient (Wildman–Crippen LogP) is 4.52. The van der Waals surface area contributed by atoms with E-state index in [4.69, 9.17) is 0 Å². The van der Waals surface area contributed by atoms with Crippen molar-refractivity contribution in [3.05, 3.63) is 62.8 Å². The zero-order valence-corrected chi connectivity index (χ0v) is 18.7. The Morgan fingerprint density at radius 3 is 2.48 bits per heavy atom. The lowest BCUT2D eigenvalue weighted by Crippen LogP contribution is -2.49. The van der Waals surface area contributed by atoms with Gasteiger partial charge in [-0.25, -0.2) is 0 Å². The van der Waals surface area contributed by atoms with Gasteiger partial charge in [0.15, 0.2) is 11.7 Å². The van der Waals surface area contributed by atoms with E-state index in [1.165, 1.54) is 16.2 Å². The highest BCUT2D eigenvalue weighted by molar-refractivity contribution is 7.10. The molecule has 3 rings (SSSR count). The normalized spacial score (nSPS) is 12.4. The molecule has 0 aliphatic heterocycles. The zero-order valence-electron chi connectivity index (χ0n) is 17.1. The third-order valence-electron chi connectivity index (χ3n) is 4.23. The molecule has 6 nitrogen and oxygen atoms in total. The Balaban J connectivity index is 2.18. The van der Waals surface area contributed by atoms with Crippen LogP contribution in [0.1, 0.15) is 53.3 Å². The number of thiophene rings is 1. The van der Waals surface area contributed by atoms with Crippen LogP contribution in [-0.4, -0.2) is 26.9 Å². The van der Waals surface area contributed by atoms with Crippen LogP contribution in [-0.2, 0) is 4.79 Å². The van der Waals surface area contributed by atoms with E-state index in [1.54, 1.807) is 5.38 Å². The van der Waals surface area contributed by atoms with Crippen molar-refractivity contribution in [2.75, 3.05) is 4.90 Å². The quantitative estimate of drug-likeness (QED) is 0.648. The molecule has 1 atom stereocenters. The van der Waals surface area contributed by atoms with Gasteiger partial charge < -0.3 is 5.32 Å². The van der Waals surface area contributed by atoms with Crippen LogP contribution in [0.3, 0.4) is 0 Å². The van der Waals surface area contributed by atoms with Gasteiger partial charge in [-0.3, -0.25) is 14.5 Å². The smallest absolute Gasteiger partial charge is 0.280 e. The van der Waals surface area contributed by atoms with Gasteiger partial charge in [-0.1, -0.05) is 16.6 Å². The van der Waals surface area contributed by atoms with Crippen molar-refractivity contribution < 1.29 is 9.59 Å². The molecule has 0 bridgehead atoms. The lowest BCUT2D eigenvalue weighted by Gasteiger charge is -2.33. The monoisotopic (exact) mass is 428 g/mol. The minimum atomic E-state index is -0.815. The molecule has 3 aromatic rings. The Hall–Kier alpha value is -2.58. The molecule has 0 aliphatic carbocycles. The molecule has 1 unspecified atom stereocenters. The molecule has 29 heavy (non-hydrogen) atoms. The molecule has 0 aliphatic rings. The molecule has 2 amide bonds. The average Bonchev–Trinajstić information content (AvgIpc) is 3.29. The molecule has 0 fully saturated rings. The van der Waals surface area contributed by atoms with Gasteiger partial charge in [-0.2, -0.15) is 0 Å². The van der Waals surface area contributed by atoms with Crippen molar-refractivity contribution >= 4 is 40.4 Å². The predicted molar refractivity (Wildman–Crippen MR) is 118 cm³/mol. The topological polar surface area (TPSA) is 75.2 Å². The fraction of sp³-hybridized carbons (Fsp3) is 0.333. The summed E-state index contributed by atoms with van der Waals surface area (Å²) in [7, 11) is 0. The molecule has 0 spiro atoms. The van der Waals surface area contributed by atoms with Crippen molar-refractivity contribution in [2.45, 2.75) is 46.2 Å². The molecule has 0 radical (unpaired) electrons. The van der Waals surface area contributed by atoms with Gasteiger partial charge in [0.25, 0.3) is 5.91 Å². The summed E-state index contributed by atoms with van der Waals surface area (Å²) in [6, 6.07) is 8.72. The van der Waals surface area contributed by atoms with E-state index in [0.29, 0.717) is 5.69 Å². The average molecular weight is 429 g/mol. The van der Waals surface area contributed by atoms with Crippen LogP contribution in [0.5, 0.6) is 0 Å². The second kappa shape index (κ2) is 8.42. The van der Waals surface area contributed by atoms with Gasteiger partial charge >= 0.3 is 0 Å². The summed E-state index contributed by atoms with van der Waals surface area (Å²) in [5.41, 5.74) is 2.38. The fourth-order valence-corrected chi connectivity index (χ4v) is 4.44. The third kappa shape index (κ3) is 4.89. The second-order valence-electron chi connectivity index (χ2n) is 7.91. The molecule has 8 heteroatoms. The van der Waals surface area contributed by atoms with Crippen molar-refractivity contribution in [3.63, 3.8) is 0 Å². The van der Waals surface area contributed by atoms with Gasteiger partial charge in [0.2, 0.25) is 5.91 Å². The van der Waals surface area contributed by atoms with Crippen molar-refractivity contribution in [1.29, 1.82) is 0 Å². The van der Waals surface area contributed by atoms with Crippen molar-refractivity contribution in [2.24, 2.45) is 0 Å². The summed E-state index contributed by atoms with van der Waals surface area (Å²) in [6.07, 6.45) is 0. The number of hydrogen-bond acceptors (Lipinski definition) is 6. The summed E-state index contributed by atoms with van der Waals surface area (Å²) >= 11 is 2.57. The van der Waals surface area contributed by atoms with Crippen LogP contribution < -0.4 is 10.2 Å². The highest BCUT2D eigenvalue weighted by Crippen LogP contribution is 2.34. The summed E-state index contributed by atoms with van der Waals surface area (Å²) < 4.78 is 3.83. The summed E-state index contributed by atoms with van der Waals surface area (Å²) in [6.45, 7) is 9.68.